The molecule has 0 heterocycles. The molecule has 0 aromatic rings. The summed E-state index contributed by atoms with van der Waals surface area (Å²) in [6.07, 6.45) is 0.625. The Morgan fingerprint density at radius 1 is 1.88 bits per heavy atom. The number of rotatable bonds is 3. The van der Waals surface area contributed by atoms with Crippen LogP contribution in [0.3, 0.4) is 0 Å². The zero-order chi connectivity index (χ0) is 6.57. The second-order valence-corrected chi connectivity index (χ2v) is 2.47. The first-order valence-corrected chi connectivity index (χ1v) is 3.43. The van der Waals surface area contributed by atoms with Gasteiger partial charge in [0.15, 0.2) is 0 Å². The second kappa shape index (κ2) is 4.07. The van der Waals surface area contributed by atoms with E-state index in [-0.39, 0.29) is 4.68 Å². The van der Waals surface area contributed by atoms with Crippen LogP contribution in [0.1, 0.15) is 19.8 Å². The number of hydrogen-bond acceptors (Lipinski definition) is 2. The summed E-state index contributed by atoms with van der Waals surface area (Å²) in [5, 5.41) is 8.75. The van der Waals surface area contributed by atoms with Gasteiger partial charge in [-0.05, 0) is 0 Å². The van der Waals surface area contributed by atoms with E-state index in [9.17, 15) is 4.79 Å². The van der Waals surface area contributed by atoms with Crippen LogP contribution in [0.25, 0.3) is 0 Å². The van der Waals surface area contributed by atoms with E-state index in [1.165, 1.54) is 0 Å². The SMILES string of the molecule is CCCC(O)C(=O)[Se]. The summed E-state index contributed by atoms with van der Waals surface area (Å²) in [5.41, 5.74) is 0. The zero-order valence-electron chi connectivity index (χ0n) is 4.76. The molecule has 0 rings (SSSR count). The van der Waals surface area contributed by atoms with Crippen molar-refractivity contribution in [1.82, 2.24) is 0 Å². The van der Waals surface area contributed by atoms with Crippen molar-refractivity contribution in [2.24, 2.45) is 0 Å². The van der Waals surface area contributed by atoms with E-state index in [2.05, 4.69) is 16.0 Å². The van der Waals surface area contributed by atoms with Crippen LogP contribution in [0.4, 0.5) is 0 Å². The van der Waals surface area contributed by atoms with E-state index < -0.39 is 6.10 Å². The first kappa shape index (κ1) is 8.15. The molecule has 0 bridgehead atoms. The summed E-state index contributed by atoms with van der Waals surface area (Å²) in [6.45, 7) is 1.92. The summed E-state index contributed by atoms with van der Waals surface area (Å²) in [7, 11) is 0. The fourth-order valence-corrected chi connectivity index (χ4v) is 0.639. The minimum atomic E-state index is -0.778. The van der Waals surface area contributed by atoms with Crippen LogP contribution in [-0.2, 0) is 4.79 Å². The molecule has 0 aliphatic heterocycles. The van der Waals surface area contributed by atoms with Crippen LogP contribution < -0.4 is 0 Å². The number of carbonyl (C=O) groups is 1. The van der Waals surface area contributed by atoms with Crippen LogP contribution in [0, 0.1) is 0 Å². The average molecular weight is 180 g/mol. The van der Waals surface area contributed by atoms with E-state index in [0.717, 1.165) is 6.42 Å². The molecule has 0 fully saturated rings. The van der Waals surface area contributed by atoms with Crippen LogP contribution in [0.2, 0.25) is 0 Å². The molecule has 1 radical (unpaired) electrons. The topological polar surface area (TPSA) is 37.3 Å². The van der Waals surface area contributed by atoms with Gasteiger partial charge in [0, 0.05) is 0 Å². The number of hydrogen-bond donors (Lipinski definition) is 1. The standard InChI is InChI=1S/C5H9O2Se/c1-2-3-4(6)5(7)8/h4,6H,2-3H2,1H3. The first-order valence-electron chi connectivity index (χ1n) is 2.57. The van der Waals surface area contributed by atoms with Gasteiger partial charge in [0.2, 0.25) is 0 Å². The van der Waals surface area contributed by atoms with E-state index in [0.29, 0.717) is 6.42 Å². The van der Waals surface area contributed by atoms with E-state index >= 15 is 0 Å². The summed E-state index contributed by atoms with van der Waals surface area (Å²) < 4.78 is -0.258. The molecule has 0 aromatic carbocycles. The fourth-order valence-electron chi connectivity index (χ4n) is 0.391. The van der Waals surface area contributed by atoms with Gasteiger partial charge < -0.3 is 0 Å². The van der Waals surface area contributed by atoms with Crippen molar-refractivity contribution in [1.29, 1.82) is 0 Å². The quantitative estimate of drug-likeness (QED) is 0.613. The average Bonchev–Trinajstić information content (AvgIpc) is 1.67. The van der Waals surface area contributed by atoms with Gasteiger partial charge >= 0.3 is 56.5 Å². The van der Waals surface area contributed by atoms with Crippen molar-refractivity contribution >= 4 is 20.7 Å². The monoisotopic (exact) mass is 181 g/mol. The Balaban J connectivity index is 3.32. The van der Waals surface area contributed by atoms with Crippen LogP contribution in [-0.4, -0.2) is 31.9 Å². The second-order valence-electron chi connectivity index (χ2n) is 1.62. The van der Waals surface area contributed by atoms with E-state index in [4.69, 9.17) is 5.11 Å². The molecule has 0 aromatic heterocycles. The molecule has 0 spiro atoms. The van der Waals surface area contributed by atoms with Gasteiger partial charge in [0.1, 0.15) is 0 Å². The maximum absolute atomic E-state index is 10.2. The van der Waals surface area contributed by atoms with Gasteiger partial charge in [-0.3, -0.25) is 0 Å². The Morgan fingerprint density at radius 3 is 2.50 bits per heavy atom. The van der Waals surface area contributed by atoms with Gasteiger partial charge in [-0.25, -0.2) is 0 Å². The van der Waals surface area contributed by atoms with Crippen molar-refractivity contribution < 1.29 is 9.90 Å². The van der Waals surface area contributed by atoms with Crippen molar-refractivity contribution in [2.45, 2.75) is 25.9 Å². The van der Waals surface area contributed by atoms with Gasteiger partial charge in [0.05, 0.1) is 0 Å². The minimum absolute atomic E-state index is 0.258. The Hall–Kier alpha value is 0.149. The van der Waals surface area contributed by atoms with E-state index in [1.54, 1.807) is 0 Å². The maximum atomic E-state index is 10.2. The Bertz CT molecular complexity index is 82.5. The molecule has 1 unspecified atom stereocenters. The molecule has 0 aliphatic carbocycles. The summed E-state index contributed by atoms with van der Waals surface area (Å²) in [6, 6.07) is 0. The number of carbonyl (C=O) groups excluding carboxylic acids is 1. The van der Waals surface area contributed by atoms with Crippen LogP contribution in [0.15, 0.2) is 0 Å². The molecule has 1 atom stereocenters. The molecule has 1 N–H and O–H groups in total. The Morgan fingerprint density at radius 2 is 2.38 bits per heavy atom. The third-order valence-corrected chi connectivity index (χ3v) is 1.41. The molecule has 0 saturated heterocycles. The van der Waals surface area contributed by atoms with Gasteiger partial charge in [-0.15, -0.1) is 0 Å². The summed E-state index contributed by atoms with van der Waals surface area (Å²) in [4.78, 5) is 10.2. The summed E-state index contributed by atoms with van der Waals surface area (Å²) in [5.74, 6) is 0. The number of aliphatic hydroxyl groups excluding tert-OH is 1. The zero-order valence-corrected chi connectivity index (χ0v) is 6.47. The van der Waals surface area contributed by atoms with Gasteiger partial charge in [0.25, 0.3) is 0 Å². The van der Waals surface area contributed by atoms with Crippen molar-refractivity contribution in [2.75, 3.05) is 0 Å². The molecule has 0 amide bonds. The fraction of sp³-hybridized carbons (Fsp3) is 0.800. The van der Waals surface area contributed by atoms with E-state index in [1.807, 2.05) is 6.92 Å². The Kier molecular flexibility index (Phi) is 4.15. The third-order valence-electron chi connectivity index (χ3n) is 0.834. The first-order chi connectivity index (χ1) is 3.68. The van der Waals surface area contributed by atoms with Gasteiger partial charge in [-0.1, -0.05) is 0 Å². The predicted molar refractivity (Wildman–Crippen MR) is 31.7 cm³/mol. The molecule has 0 aliphatic rings. The molecule has 47 valence electrons. The predicted octanol–water partition coefficient (Wildman–Crippen LogP) is -0.158. The molecular formula is C5H9O2Se. The van der Waals surface area contributed by atoms with Crippen molar-refractivity contribution in [3.8, 4) is 0 Å². The normalized spacial score (nSPS) is 13.2. The molecular weight excluding hydrogens is 171 g/mol. The summed E-state index contributed by atoms with van der Waals surface area (Å²) >= 11 is 2.24. The van der Waals surface area contributed by atoms with Gasteiger partial charge in [-0.2, -0.15) is 0 Å². The molecule has 8 heavy (non-hydrogen) atoms. The van der Waals surface area contributed by atoms with Crippen molar-refractivity contribution in [3.63, 3.8) is 0 Å². The van der Waals surface area contributed by atoms with Crippen LogP contribution >= 0.6 is 0 Å². The number of aliphatic hydroxyl groups is 1. The third kappa shape index (κ3) is 3.19. The molecule has 0 saturated carbocycles. The van der Waals surface area contributed by atoms with Crippen LogP contribution in [0.5, 0.6) is 0 Å². The van der Waals surface area contributed by atoms with Crippen molar-refractivity contribution in [3.05, 3.63) is 0 Å². The Labute approximate surface area is 57.1 Å². The molecule has 2 nitrogen and oxygen atoms in total. The molecule has 3 heteroatoms.